The second kappa shape index (κ2) is 5.76. The molecule has 1 fully saturated rings. The van der Waals surface area contributed by atoms with E-state index in [0.717, 1.165) is 42.1 Å². The number of likely N-dealkylation sites (N-methyl/N-ethyl adjacent to an activating group) is 1. The first-order valence-corrected chi connectivity index (χ1v) is 7.64. The number of piperazine rings is 1. The number of hydrogen-bond acceptors (Lipinski definition) is 5. The summed E-state index contributed by atoms with van der Waals surface area (Å²) < 4.78 is 1.14. The summed E-state index contributed by atoms with van der Waals surface area (Å²) in [6.45, 7) is 3.92. The van der Waals surface area contributed by atoms with Crippen LogP contribution in [0.5, 0.6) is 0 Å². The smallest absolute Gasteiger partial charge is 0.241 e. The second-order valence-electron chi connectivity index (χ2n) is 5.07. The van der Waals surface area contributed by atoms with Crippen LogP contribution in [0.25, 0.3) is 10.2 Å². The van der Waals surface area contributed by atoms with Crippen molar-refractivity contribution in [2.75, 3.05) is 45.1 Å². The average Bonchev–Trinajstić information content (AvgIpc) is 2.93. The summed E-state index contributed by atoms with van der Waals surface area (Å²) >= 11 is 1.61. The van der Waals surface area contributed by atoms with Crippen molar-refractivity contribution in [1.29, 1.82) is 0 Å². The molecule has 20 heavy (non-hydrogen) atoms. The predicted octanol–water partition coefficient (Wildman–Crippen LogP) is 1.48. The van der Waals surface area contributed by atoms with E-state index in [0.29, 0.717) is 6.54 Å². The zero-order chi connectivity index (χ0) is 13.9. The van der Waals surface area contributed by atoms with Crippen molar-refractivity contribution in [2.24, 2.45) is 0 Å². The third-order valence-corrected chi connectivity index (χ3v) is 4.42. The third kappa shape index (κ3) is 2.91. The van der Waals surface area contributed by atoms with E-state index in [1.807, 2.05) is 28.6 Å². The fourth-order valence-electron chi connectivity index (χ4n) is 2.31. The molecule has 0 aliphatic carbocycles. The molecule has 0 radical (unpaired) electrons. The molecule has 0 saturated carbocycles. The Kier molecular flexibility index (Phi) is 3.84. The number of anilines is 1. The monoisotopic (exact) mass is 290 g/mol. The Labute approximate surface area is 122 Å². The minimum Gasteiger partial charge on any atom is -0.376 e. The van der Waals surface area contributed by atoms with Gasteiger partial charge in [0.25, 0.3) is 0 Å². The molecule has 2 heterocycles. The topological polar surface area (TPSA) is 48.5 Å². The SMILES string of the molecule is CN1CCN(C(=O)CNc2ccc3ncsc3c2)CC1. The summed E-state index contributed by atoms with van der Waals surface area (Å²) in [5, 5.41) is 3.21. The number of rotatable bonds is 3. The highest BCUT2D eigenvalue weighted by molar-refractivity contribution is 7.16. The lowest BCUT2D eigenvalue weighted by atomic mass is 10.3. The summed E-state index contributed by atoms with van der Waals surface area (Å²) in [5.74, 6) is 0.169. The van der Waals surface area contributed by atoms with Gasteiger partial charge >= 0.3 is 0 Å². The number of carbonyl (C=O) groups excluding carboxylic acids is 1. The lowest BCUT2D eigenvalue weighted by Crippen LogP contribution is -2.48. The normalized spacial score (nSPS) is 16.6. The molecule has 0 bridgehead atoms. The molecule has 3 rings (SSSR count). The molecule has 0 atom stereocenters. The van der Waals surface area contributed by atoms with Gasteiger partial charge < -0.3 is 15.1 Å². The zero-order valence-corrected chi connectivity index (χ0v) is 12.3. The number of carbonyl (C=O) groups is 1. The van der Waals surface area contributed by atoms with Gasteiger partial charge in [-0.05, 0) is 25.2 Å². The molecule has 6 heteroatoms. The Bertz CT molecular complexity index is 604. The van der Waals surface area contributed by atoms with Crippen LogP contribution in [0.2, 0.25) is 0 Å². The third-order valence-electron chi connectivity index (χ3n) is 3.63. The Hall–Kier alpha value is -1.66. The summed E-state index contributed by atoms with van der Waals surface area (Å²) in [5.41, 5.74) is 3.82. The second-order valence-corrected chi connectivity index (χ2v) is 5.96. The number of hydrogen-bond donors (Lipinski definition) is 1. The van der Waals surface area contributed by atoms with Crippen LogP contribution in [-0.2, 0) is 4.79 Å². The van der Waals surface area contributed by atoms with E-state index in [9.17, 15) is 4.79 Å². The molecule has 1 amide bonds. The molecule has 1 aliphatic heterocycles. The van der Waals surface area contributed by atoms with E-state index in [1.165, 1.54) is 0 Å². The summed E-state index contributed by atoms with van der Waals surface area (Å²) in [6.07, 6.45) is 0. The van der Waals surface area contributed by atoms with Crippen LogP contribution in [-0.4, -0.2) is 60.5 Å². The van der Waals surface area contributed by atoms with Gasteiger partial charge in [0, 0.05) is 31.9 Å². The first kappa shape index (κ1) is 13.3. The molecular formula is C14H18N4OS. The minimum absolute atomic E-state index is 0.169. The summed E-state index contributed by atoms with van der Waals surface area (Å²) in [6, 6.07) is 6.00. The molecule has 1 N–H and O–H groups in total. The highest BCUT2D eigenvalue weighted by Crippen LogP contribution is 2.21. The summed E-state index contributed by atoms with van der Waals surface area (Å²) in [4.78, 5) is 20.5. The lowest BCUT2D eigenvalue weighted by Gasteiger charge is -2.32. The molecule has 2 aromatic rings. The van der Waals surface area contributed by atoms with Crippen molar-refractivity contribution in [1.82, 2.24) is 14.8 Å². The van der Waals surface area contributed by atoms with Gasteiger partial charge in [-0.2, -0.15) is 0 Å². The van der Waals surface area contributed by atoms with E-state index < -0.39 is 0 Å². The highest BCUT2D eigenvalue weighted by Gasteiger charge is 2.18. The molecule has 1 aliphatic rings. The molecular weight excluding hydrogens is 272 g/mol. The number of amides is 1. The fourth-order valence-corrected chi connectivity index (χ4v) is 3.03. The number of aromatic nitrogens is 1. The standard InChI is InChI=1S/C14H18N4OS/c1-17-4-6-18(7-5-17)14(19)9-15-11-2-3-12-13(8-11)20-10-16-12/h2-3,8,10,15H,4-7,9H2,1H3. The number of benzene rings is 1. The van der Waals surface area contributed by atoms with Crippen LogP contribution in [0.3, 0.4) is 0 Å². The Morgan fingerprint density at radius 3 is 2.95 bits per heavy atom. The molecule has 1 aromatic heterocycles. The van der Waals surface area contributed by atoms with E-state index in [1.54, 1.807) is 11.3 Å². The number of nitrogens with zero attached hydrogens (tertiary/aromatic N) is 3. The quantitative estimate of drug-likeness (QED) is 0.930. The zero-order valence-electron chi connectivity index (χ0n) is 11.5. The maximum atomic E-state index is 12.1. The Morgan fingerprint density at radius 2 is 2.15 bits per heavy atom. The molecule has 106 valence electrons. The first-order chi connectivity index (χ1) is 9.72. The molecule has 1 aromatic carbocycles. The van der Waals surface area contributed by atoms with Crippen molar-refractivity contribution in [3.05, 3.63) is 23.7 Å². The van der Waals surface area contributed by atoms with Crippen molar-refractivity contribution in [2.45, 2.75) is 0 Å². The predicted molar refractivity (Wildman–Crippen MR) is 82.2 cm³/mol. The van der Waals surface area contributed by atoms with E-state index >= 15 is 0 Å². The van der Waals surface area contributed by atoms with Crippen molar-refractivity contribution >= 4 is 33.1 Å². The van der Waals surface area contributed by atoms with Gasteiger partial charge in [0.05, 0.1) is 22.3 Å². The molecule has 1 saturated heterocycles. The van der Waals surface area contributed by atoms with E-state index in [4.69, 9.17) is 0 Å². The number of nitrogens with one attached hydrogen (secondary N) is 1. The molecule has 0 spiro atoms. The first-order valence-electron chi connectivity index (χ1n) is 6.76. The number of thiazole rings is 1. The van der Waals surface area contributed by atoms with Crippen LogP contribution in [0, 0.1) is 0 Å². The van der Waals surface area contributed by atoms with Crippen molar-refractivity contribution in [3.63, 3.8) is 0 Å². The number of fused-ring (bicyclic) bond motifs is 1. The van der Waals surface area contributed by atoms with Gasteiger partial charge in [0.15, 0.2) is 0 Å². The van der Waals surface area contributed by atoms with Crippen LogP contribution >= 0.6 is 11.3 Å². The minimum atomic E-state index is 0.169. The van der Waals surface area contributed by atoms with Crippen molar-refractivity contribution < 1.29 is 4.79 Å². The lowest BCUT2D eigenvalue weighted by molar-refractivity contribution is -0.130. The maximum Gasteiger partial charge on any atom is 0.241 e. The average molecular weight is 290 g/mol. The summed E-state index contributed by atoms with van der Waals surface area (Å²) in [7, 11) is 2.09. The Balaban J connectivity index is 1.57. The van der Waals surface area contributed by atoms with Gasteiger partial charge in [-0.25, -0.2) is 4.98 Å². The van der Waals surface area contributed by atoms with Crippen molar-refractivity contribution in [3.8, 4) is 0 Å². The van der Waals surface area contributed by atoms with Crippen LogP contribution in [0.1, 0.15) is 0 Å². The largest absolute Gasteiger partial charge is 0.376 e. The van der Waals surface area contributed by atoms with Gasteiger partial charge in [-0.3, -0.25) is 4.79 Å². The van der Waals surface area contributed by atoms with Crippen LogP contribution in [0.15, 0.2) is 23.7 Å². The van der Waals surface area contributed by atoms with Gasteiger partial charge in [-0.15, -0.1) is 11.3 Å². The van der Waals surface area contributed by atoms with Gasteiger partial charge in [-0.1, -0.05) is 0 Å². The van der Waals surface area contributed by atoms with E-state index in [-0.39, 0.29) is 5.91 Å². The maximum absolute atomic E-state index is 12.1. The van der Waals surface area contributed by atoms with Gasteiger partial charge in [0.2, 0.25) is 5.91 Å². The van der Waals surface area contributed by atoms with Crippen LogP contribution in [0.4, 0.5) is 5.69 Å². The van der Waals surface area contributed by atoms with Crippen LogP contribution < -0.4 is 5.32 Å². The van der Waals surface area contributed by atoms with Gasteiger partial charge in [0.1, 0.15) is 0 Å². The molecule has 5 nitrogen and oxygen atoms in total. The Morgan fingerprint density at radius 1 is 1.35 bits per heavy atom. The highest BCUT2D eigenvalue weighted by atomic mass is 32.1. The fraction of sp³-hybridized carbons (Fsp3) is 0.429. The van der Waals surface area contributed by atoms with E-state index in [2.05, 4.69) is 22.2 Å². The molecule has 0 unspecified atom stereocenters.